The number of anilines is 2. The molecule has 0 spiro atoms. The van der Waals surface area contributed by atoms with Gasteiger partial charge in [0, 0.05) is 18.4 Å². The largest absolute Gasteiger partial charge is 0.494 e. The molecule has 3 N–H and O–H groups in total. The summed E-state index contributed by atoms with van der Waals surface area (Å²) < 4.78 is 37.2. The fourth-order valence-corrected chi connectivity index (χ4v) is 3.80. The van der Waals surface area contributed by atoms with E-state index in [1.165, 1.54) is 18.4 Å². The number of ether oxygens (including phenoxy) is 2. The van der Waals surface area contributed by atoms with Crippen LogP contribution in [0, 0.1) is 0 Å². The van der Waals surface area contributed by atoms with Crippen LogP contribution in [0.2, 0.25) is 0 Å². The van der Waals surface area contributed by atoms with Crippen LogP contribution in [0.3, 0.4) is 0 Å². The second-order valence-corrected chi connectivity index (χ2v) is 7.08. The summed E-state index contributed by atoms with van der Waals surface area (Å²) in [4.78, 5) is 4.24. The third-order valence-electron chi connectivity index (χ3n) is 2.65. The van der Waals surface area contributed by atoms with Gasteiger partial charge in [0.1, 0.15) is 11.3 Å². The maximum Gasteiger partial charge on any atom is 0.236 e. The number of rotatable bonds is 7. The lowest BCUT2D eigenvalue weighted by molar-refractivity contribution is 0.163. The summed E-state index contributed by atoms with van der Waals surface area (Å²) in [5.41, 5.74) is 6.88. The van der Waals surface area contributed by atoms with Crippen LogP contribution in [0.25, 0.3) is 10.2 Å². The zero-order valence-electron chi connectivity index (χ0n) is 11.8. The number of nitrogens with one attached hydrogen (secondary N) is 1. The molecular formula is C12H17N3O4S2. The Kier molecular flexibility index (Phi) is 4.86. The van der Waals surface area contributed by atoms with E-state index in [0.29, 0.717) is 23.6 Å². The quantitative estimate of drug-likeness (QED) is 0.591. The fourth-order valence-electron chi connectivity index (χ4n) is 1.72. The first-order chi connectivity index (χ1) is 9.95. The van der Waals surface area contributed by atoms with Crippen molar-refractivity contribution in [3.05, 3.63) is 12.1 Å². The normalized spacial score (nSPS) is 11.7. The molecule has 0 radical (unpaired) electrons. The molecule has 1 aromatic heterocycles. The van der Waals surface area contributed by atoms with Crippen molar-refractivity contribution in [1.82, 2.24) is 4.98 Å². The standard InChI is InChI=1S/C12H17N3O4S2/c1-3-19-4-5-21(16,17)15-12-14-11-9(18-2)6-8(13)7-10(11)20-12/h6-7H,3-5,13H2,1-2H3,(H,14,15). The van der Waals surface area contributed by atoms with E-state index in [1.54, 1.807) is 12.1 Å². The molecule has 0 amide bonds. The summed E-state index contributed by atoms with van der Waals surface area (Å²) in [6.45, 7) is 2.43. The van der Waals surface area contributed by atoms with Crippen molar-refractivity contribution in [2.45, 2.75) is 6.92 Å². The van der Waals surface area contributed by atoms with E-state index < -0.39 is 10.0 Å². The van der Waals surface area contributed by atoms with Crippen molar-refractivity contribution in [3.63, 3.8) is 0 Å². The topological polar surface area (TPSA) is 104 Å². The zero-order valence-corrected chi connectivity index (χ0v) is 13.4. The fraction of sp³-hybridized carbons (Fsp3) is 0.417. The minimum atomic E-state index is -3.48. The minimum absolute atomic E-state index is 0.115. The SMILES string of the molecule is CCOCCS(=O)(=O)Nc1nc2c(OC)cc(N)cc2s1. The molecule has 2 aromatic rings. The molecule has 0 saturated carbocycles. The Bertz CT molecular complexity index is 727. The number of thiazole rings is 1. The molecule has 0 aliphatic rings. The van der Waals surface area contributed by atoms with Crippen LogP contribution in [-0.4, -0.2) is 39.5 Å². The van der Waals surface area contributed by atoms with E-state index in [1.807, 2.05) is 6.92 Å². The summed E-state index contributed by atoms with van der Waals surface area (Å²) in [5, 5.41) is 0.283. The van der Waals surface area contributed by atoms with Gasteiger partial charge in [-0.05, 0) is 13.0 Å². The first kappa shape index (κ1) is 15.8. The number of methoxy groups -OCH3 is 1. The van der Waals surface area contributed by atoms with Crippen LogP contribution < -0.4 is 15.2 Å². The molecule has 7 nitrogen and oxygen atoms in total. The predicted molar refractivity (Wildman–Crippen MR) is 84.5 cm³/mol. The highest BCUT2D eigenvalue weighted by atomic mass is 32.2. The van der Waals surface area contributed by atoms with Crippen LogP contribution in [0.5, 0.6) is 5.75 Å². The Balaban J connectivity index is 2.23. The van der Waals surface area contributed by atoms with Crippen molar-refractivity contribution in [2.75, 3.05) is 36.5 Å². The van der Waals surface area contributed by atoms with Gasteiger partial charge in [-0.1, -0.05) is 11.3 Å². The maximum absolute atomic E-state index is 11.9. The molecule has 0 aliphatic heterocycles. The molecule has 0 unspecified atom stereocenters. The summed E-state index contributed by atoms with van der Waals surface area (Å²) >= 11 is 1.20. The van der Waals surface area contributed by atoms with Crippen LogP contribution in [0.4, 0.5) is 10.8 Å². The molecule has 2 rings (SSSR count). The molecular weight excluding hydrogens is 314 g/mol. The number of sulfonamides is 1. The molecule has 116 valence electrons. The third kappa shape index (κ3) is 3.96. The highest BCUT2D eigenvalue weighted by Crippen LogP contribution is 2.34. The second kappa shape index (κ2) is 6.46. The van der Waals surface area contributed by atoms with Gasteiger partial charge in [-0.25, -0.2) is 13.4 Å². The number of benzene rings is 1. The van der Waals surface area contributed by atoms with E-state index in [2.05, 4.69) is 9.71 Å². The predicted octanol–water partition coefficient (Wildman–Crippen LogP) is 1.67. The van der Waals surface area contributed by atoms with Gasteiger partial charge in [0.25, 0.3) is 0 Å². The van der Waals surface area contributed by atoms with Gasteiger partial charge in [-0.3, -0.25) is 4.72 Å². The van der Waals surface area contributed by atoms with E-state index in [9.17, 15) is 8.42 Å². The van der Waals surface area contributed by atoms with Crippen molar-refractivity contribution in [2.24, 2.45) is 0 Å². The molecule has 0 bridgehead atoms. The molecule has 0 fully saturated rings. The average Bonchev–Trinajstić information content (AvgIpc) is 2.78. The molecule has 0 aliphatic carbocycles. The lowest BCUT2D eigenvalue weighted by atomic mass is 10.3. The highest BCUT2D eigenvalue weighted by molar-refractivity contribution is 7.92. The van der Waals surface area contributed by atoms with Crippen molar-refractivity contribution in [1.29, 1.82) is 0 Å². The number of hydrogen-bond donors (Lipinski definition) is 2. The maximum atomic E-state index is 11.9. The second-order valence-electron chi connectivity index (χ2n) is 4.21. The Labute approximate surface area is 127 Å². The number of fused-ring (bicyclic) bond motifs is 1. The van der Waals surface area contributed by atoms with E-state index in [0.717, 1.165) is 4.70 Å². The smallest absolute Gasteiger partial charge is 0.236 e. The number of aromatic nitrogens is 1. The van der Waals surface area contributed by atoms with Crippen molar-refractivity contribution in [3.8, 4) is 5.75 Å². The Morgan fingerprint density at radius 2 is 2.19 bits per heavy atom. The van der Waals surface area contributed by atoms with Gasteiger partial charge in [0.05, 0.1) is 24.2 Å². The van der Waals surface area contributed by atoms with Crippen LogP contribution in [-0.2, 0) is 14.8 Å². The van der Waals surface area contributed by atoms with E-state index >= 15 is 0 Å². The van der Waals surface area contributed by atoms with Crippen molar-refractivity contribution >= 4 is 42.4 Å². The monoisotopic (exact) mass is 331 g/mol. The molecule has 9 heteroatoms. The summed E-state index contributed by atoms with van der Waals surface area (Å²) in [6.07, 6.45) is 0. The van der Waals surface area contributed by atoms with Crippen LogP contribution >= 0.6 is 11.3 Å². The van der Waals surface area contributed by atoms with Gasteiger partial charge >= 0.3 is 0 Å². The average molecular weight is 331 g/mol. The molecule has 1 heterocycles. The van der Waals surface area contributed by atoms with Gasteiger partial charge in [0.15, 0.2) is 5.13 Å². The van der Waals surface area contributed by atoms with E-state index in [-0.39, 0.29) is 17.5 Å². The Morgan fingerprint density at radius 1 is 1.43 bits per heavy atom. The Hall–Kier alpha value is -1.58. The molecule has 0 atom stereocenters. The summed E-state index contributed by atoms with van der Waals surface area (Å²) in [6, 6.07) is 3.38. The van der Waals surface area contributed by atoms with Crippen molar-refractivity contribution < 1.29 is 17.9 Å². The number of nitrogens with zero attached hydrogens (tertiary/aromatic N) is 1. The minimum Gasteiger partial charge on any atom is -0.494 e. The first-order valence-corrected chi connectivity index (χ1v) is 8.74. The zero-order chi connectivity index (χ0) is 15.5. The van der Waals surface area contributed by atoms with Gasteiger partial charge < -0.3 is 15.2 Å². The summed E-state index contributed by atoms with van der Waals surface area (Å²) in [5.74, 6) is 0.400. The van der Waals surface area contributed by atoms with Gasteiger partial charge in [0.2, 0.25) is 10.0 Å². The van der Waals surface area contributed by atoms with Gasteiger partial charge in [-0.2, -0.15) is 0 Å². The number of nitrogen functional groups attached to an aromatic ring is 1. The highest BCUT2D eigenvalue weighted by Gasteiger charge is 2.15. The third-order valence-corrected chi connectivity index (χ3v) is 4.90. The molecule has 1 aromatic carbocycles. The van der Waals surface area contributed by atoms with Gasteiger partial charge in [-0.15, -0.1) is 0 Å². The Morgan fingerprint density at radius 3 is 2.86 bits per heavy atom. The molecule has 0 saturated heterocycles. The first-order valence-electron chi connectivity index (χ1n) is 6.27. The lowest BCUT2D eigenvalue weighted by Gasteiger charge is -2.04. The number of nitrogens with two attached hydrogens (primary N) is 1. The lowest BCUT2D eigenvalue weighted by Crippen LogP contribution is -2.20. The molecule has 21 heavy (non-hydrogen) atoms. The van der Waals surface area contributed by atoms with Crippen LogP contribution in [0.1, 0.15) is 6.92 Å². The van der Waals surface area contributed by atoms with E-state index in [4.69, 9.17) is 15.2 Å². The number of hydrogen-bond acceptors (Lipinski definition) is 7. The summed E-state index contributed by atoms with van der Waals surface area (Å²) in [7, 11) is -1.97. The van der Waals surface area contributed by atoms with Crippen LogP contribution in [0.15, 0.2) is 12.1 Å².